The monoisotopic (exact) mass is 300 g/mol. The summed E-state index contributed by atoms with van der Waals surface area (Å²) in [4.78, 5) is 11.8. The average molecular weight is 300 g/mol. The number of hydrogen-bond donors (Lipinski definition) is 2. The quantitative estimate of drug-likeness (QED) is 0.688. The summed E-state index contributed by atoms with van der Waals surface area (Å²) in [5, 5.41) is 11.6. The molecule has 2 unspecified atom stereocenters. The Morgan fingerprint density at radius 2 is 2.05 bits per heavy atom. The molecule has 0 bridgehead atoms. The van der Waals surface area contributed by atoms with Crippen LogP contribution in [0.5, 0.6) is 0 Å². The van der Waals surface area contributed by atoms with Crippen molar-refractivity contribution in [3.05, 3.63) is 10.5 Å². The Morgan fingerprint density at radius 1 is 1.35 bits per heavy atom. The van der Waals surface area contributed by atoms with Crippen molar-refractivity contribution in [1.82, 2.24) is 20.1 Å². The second-order valence-electron chi connectivity index (χ2n) is 5.29. The van der Waals surface area contributed by atoms with Crippen LogP contribution in [0.2, 0.25) is 0 Å². The lowest BCUT2D eigenvalue weighted by atomic mass is 10.1. The summed E-state index contributed by atoms with van der Waals surface area (Å²) in [7, 11) is 0. The van der Waals surface area contributed by atoms with Crippen molar-refractivity contribution in [3.8, 4) is 0 Å². The van der Waals surface area contributed by atoms with Crippen LogP contribution in [0.15, 0.2) is 9.95 Å². The lowest BCUT2D eigenvalue weighted by Crippen LogP contribution is -2.38. The van der Waals surface area contributed by atoms with Crippen LogP contribution in [0.25, 0.3) is 0 Å². The lowest BCUT2D eigenvalue weighted by molar-refractivity contribution is 0.462. The molecule has 0 fully saturated rings. The standard InChI is InChI=1S/C14H28N4OS/c1-6-9-11(15-8-3)12(7-2)20-14-17-16-13(19)18(14)10(4)5/h10-12,15H,6-9H2,1-5H3,(H,16,19). The minimum absolute atomic E-state index is 0.118. The van der Waals surface area contributed by atoms with Gasteiger partial charge in [0, 0.05) is 17.3 Å². The van der Waals surface area contributed by atoms with E-state index in [0.717, 1.165) is 31.0 Å². The van der Waals surface area contributed by atoms with Crippen LogP contribution >= 0.6 is 11.8 Å². The van der Waals surface area contributed by atoms with Gasteiger partial charge in [0.15, 0.2) is 5.16 Å². The van der Waals surface area contributed by atoms with Crippen molar-refractivity contribution in [1.29, 1.82) is 0 Å². The minimum atomic E-state index is -0.118. The molecule has 0 saturated carbocycles. The zero-order valence-corrected chi connectivity index (χ0v) is 14.1. The van der Waals surface area contributed by atoms with Crippen LogP contribution < -0.4 is 11.0 Å². The molecule has 0 spiro atoms. The first kappa shape index (κ1) is 17.3. The van der Waals surface area contributed by atoms with Crippen LogP contribution in [-0.2, 0) is 0 Å². The van der Waals surface area contributed by atoms with Crippen LogP contribution in [0.4, 0.5) is 0 Å². The Labute approximate surface area is 125 Å². The molecule has 0 aromatic carbocycles. The zero-order valence-electron chi connectivity index (χ0n) is 13.3. The molecular formula is C14H28N4OS. The number of aromatic nitrogens is 3. The third-order valence-corrected chi connectivity index (χ3v) is 4.83. The molecule has 0 aliphatic heterocycles. The van der Waals surface area contributed by atoms with E-state index in [0.29, 0.717) is 11.3 Å². The minimum Gasteiger partial charge on any atom is -0.313 e. The van der Waals surface area contributed by atoms with Gasteiger partial charge in [-0.1, -0.05) is 39.0 Å². The Balaban J connectivity index is 2.89. The van der Waals surface area contributed by atoms with Crippen LogP contribution in [0.3, 0.4) is 0 Å². The molecule has 2 atom stereocenters. The van der Waals surface area contributed by atoms with Gasteiger partial charge in [0.1, 0.15) is 0 Å². The van der Waals surface area contributed by atoms with E-state index in [9.17, 15) is 4.79 Å². The van der Waals surface area contributed by atoms with E-state index in [1.807, 2.05) is 13.8 Å². The molecule has 0 saturated heterocycles. The fourth-order valence-electron chi connectivity index (χ4n) is 2.41. The first-order valence-corrected chi connectivity index (χ1v) is 8.49. The highest BCUT2D eigenvalue weighted by Gasteiger charge is 2.23. The third-order valence-electron chi connectivity index (χ3n) is 3.36. The molecule has 6 heteroatoms. The van der Waals surface area contributed by atoms with E-state index in [4.69, 9.17) is 0 Å². The van der Waals surface area contributed by atoms with Crippen molar-refractivity contribution in [2.75, 3.05) is 6.54 Å². The summed E-state index contributed by atoms with van der Waals surface area (Å²) in [5.41, 5.74) is -0.118. The Hall–Kier alpha value is -0.750. The number of hydrogen-bond acceptors (Lipinski definition) is 4. The fraction of sp³-hybridized carbons (Fsp3) is 0.857. The molecule has 0 aliphatic carbocycles. The van der Waals surface area contributed by atoms with Gasteiger partial charge in [-0.3, -0.25) is 4.57 Å². The first-order chi connectivity index (χ1) is 9.54. The Kier molecular flexibility index (Phi) is 7.37. The van der Waals surface area contributed by atoms with Gasteiger partial charge in [-0.05, 0) is 33.2 Å². The normalized spacial score (nSPS) is 14.7. The molecule has 0 amide bonds. The van der Waals surface area contributed by atoms with E-state index >= 15 is 0 Å². The summed E-state index contributed by atoms with van der Waals surface area (Å²) < 4.78 is 1.74. The summed E-state index contributed by atoms with van der Waals surface area (Å²) in [5.74, 6) is 0. The largest absolute Gasteiger partial charge is 0.344 e. The van der Waals surface area contributed by atoms with Crippen molar-refractivity contribution < 1.29 is 0 Å². The molecule has 116 valence electrons. The van der Waals surface area contributed by atoms with E-state index in [-0.39, 0.29) is 11.7 Å². The molecule has 0 radical (unpaired) electrons. The Bertz CT molecular complexity index is 435. The highest BCUT2D eigenvalue weighted by molar-refractivity contribution is 7.99. The number of nitrogens with one attached hydrogen (secondary N) is 2. The second kappa shape index (κ2) is 8.52. The summed E-state index contributed by atoms with van der Waals surface area (Å²) in [6, 6.07) is 0.595. The highest BCUT2D eigenvalue weighted by atomic mass is 32.2. The van der Waals surface area contributed by atoms with Gasteiger partial charge >= 0.3 is 5.69 Å². The second-order valence-corrected chi connectivity index (χ2v) is 6.50. The fourth-order valence-corrected chi connectivity index (χ4v) is 3.75. The predicted octanol–water partition coefficient (Wildman–Crippen LogP) is 2.80. The maximum Gasteiger partial charge on any atom is 0.344 e. The van der Waals surface area contributed by atoms with Crippen LogP contribution in [0, 0.1) is 0 Å². The van der Waals surface area contributed by atoms with Gasteiger partial charge < -0.3 is 5.32 Å². The predicted molar refractivity (Wildman–Crippen MR) is 85.5 cm³/mol. The van der Waals surface area contributed by atoms with E-state index in [1.165, 1.54) is 0 Å². The van der Waals surface area contributed by atoms with Crippen LogP contribution in [0.1, 0.15) is 59.9 Å². The van der Waals surface area contributed by atoms with E-state index < -0.39 is 0 Å². The third kappa shape index (κ3) is 4.38. The van der Waals surface area contributed by atoms with Gasteiger partial charge in [-0.15, -0.1) is 5.10 Å². The van der Waals surface area contributed by atoms with Gasteiger partial charge in [0.25, 0.3) is 0 Å². The molecule has 2 N–H and O–H groups in total. The van der Waals surface area contributed by atoms with Crippen molar-refractivity contribution in [2.45, 2.75) is 76.4 Å². The van der Waals surface area contributed by atoms with Gasteiger partial charge in [0.2, 0.25) is 0 Å². The average Bonchev–Trinajstić information content (AvgIpc) is 2.77. The van der Waals surface area contributed by atoms with Crippen molar-refractivity contribution in [2.24, 2.45) is 0 Å². The molecule has 1 heterocycles. The summed E-state index contributed by atoms with van der Waals surface area (Å²) in [6.07, 6.45) is 3.36. The molecule has 1 aromatic rings. The first-order valence-electron chi connectivity index (χ1n) is 7.61. The van der Waals surface area contributed by atoms with Gasteiger partial charge in [-0.2, -0.15) is 0 Å². The van der Waals surface area contributed by atoms with Crippen molar-refractivity contribution >= 4 is 11.8 Å². The number of nitrogens with zero attached hydrogens (tertiary/aromatic N) is 2. The Morgan fingerprint density at radius 3 is 2.55 bits per heavy atom. The topological polar surface area (TPSA) is 62.7 Å². The molecule has 5 nitrogen and oxygen atoms in total. The van der Waals surface area contributed by atoms with Crippen LogP contribution in [-0.4, -0.2) is 32.6 Å². The lowest BCUT2D eigenvalue weighted by Gasteiger charge is -2.26. The number of aromatic amines is 1. The SMILES string of the molecule is CCCC(NCC)C(CC)Sc1n[nH]c(=O)n1C(C)C. The van der Waals surface area contributed by atoms with E-state index in [2.05, 4.69) is 36.3 Å². The molecule has 1 aromatic heterocycles. The van der Waals surface area contributed by atoms with Crippen molar-refractivity contribution in [3.63, 3.8) is 0 Å². The van der Waals surface area contributed by atoms with Gasteiger partial charge in [0.05, 0.1) is 0 Å². The molecule has 20 heavy (non-hydrogen) atoms. The summed E-state index contributed by atoms with van der Waals surface area (Å²) >= 11 is 1.71. The van der Waals surface area contributed by atoms with Gasteiger partial charge in [-0.25, -0.2) is 9.89 Å². The molecular weight excluding hydrogens is 272 g/mol. The number of thioether (sulfide) groups is 1. The zero-order chi connectivity index (χ0) is 15.1. The maximum atomic E-state index is 11.8. The number of H-pyrrole nitrogens is 1. The summed E-state index contributed by atoms with van der Waals surface area (Å²) in [6.45, 7) is 11.5. The number of rotatable bonds is 9. The highest BCUT2D eigenvalue weighted by Crippen LogP contribution is 2.28. The molecule has 1 rings (SSSR count). The maximum absolute atomic E-state index is 11.8. The molecule has 0 aliphatic rings. The smallest absolute Gasteiger partial charge is 0.313 e. The van der Waals surface area contributed by atoms with E-state index in [1.54, 1.807) is 16.3 Å².